The van der Waals surface area contributed by atoms with Gasteiger partial charge in [0.05, 0.1) is 48.6 Å². The molecule has 2 aromatic rings. The predicted molar refractivity (Wildman–Crippen MR) is 116 cm³/mol. The van der Waals surface area contributed by atoms with Crippen molar-refractivity contribution in [2.24, 2.45) is 0 Å². The molecule has 1 unspecified atom stereocenters. The third-order valence-electron chi connectivity index (χ3n) is 4.88. The maximum Gasteiger partial charge on any atom is 0.338 e. The van der Waals surface area contributed by atoms with Gasteiger partial charge in [0.15, 0.2) is 21.3 Å². The number of urea groups is 1. The van der Waals surface area contributed by atoms with Gasteiger partial charge in [0, 0.05) is 5.70 Å². The molecule has 9 nitrogen and oxygen atoms in total. The first kappa shape index (κ1) is 24.3. The summed E-state index contributed by atoms with van der Waals surface area (Å²) in [7, 11) is -0.127. The van der Waals surface area contributed by atoms with Crippen LogP contribution in [0.3, 0.4) is 0 Å². The summed E-state index contributed by atoms with van der Waals surface area (Å²) in [5.41, 5.74) is 0.106. The van der Waals surface area contributed by atoms with Crippen LogP contribution in [0.1, 0.15) is 11.6 Å². The summed E-state index contributed by atoms with van der Waals surface area (Å²) in [6.45, 7) is 0. The number of halogens is 2. The second-order valence-corrected chi connectivity index (χ2v) is 9.26. The van der Waals surface area contributed by atoms with Crippen molar-refractivity contribution in [1.82, 2.24) is 10.6 Å². The Balaban J connectivity index is 2.12. The molecule has 0 aromatic heterocycles. The Labute approximate surface area is 194 Å². The SMILES string of the molecule is COC(=O)C1=C(CS(=O)(=O)c2ccc(F)c(Cl)c2)NC(=O)NC1c1ccc(OC)c(OC)c1. The third-order valence-corrected chi connectivity index (χ3v) is 6.81. The quantitative estimate of drug-likeness (QED) is 0.445. The number of carbonyl (C=O) groups is 2. The van der Waals surface area contributed by atoms with E-state index in [0.29, 0.717) is 17.1 Å². The average molecular weight is 499 g/mol. The lowest BCUT2D eigenvalue weighted by Crippen LogP contribution is -2.47. The molecule has 1 heterocycles. The average Bonchev–Trinajstić information content (AvgIpc) is 2.79. The van der Waals surface area contributed by atoms with Crippen molar-refractivity contribution in [3.8, 4) is 11.5 Å². The molecule has 33 heavy (non-hydrogen) atoms. The van der Waals surface area contributed by atoms with Crippen molar-refractivity contribution in [2.75, 3.05) is 27.1 Å². The second kappa shape index (κ2) is 9.67. The summed E-state index contributed by atoms with van der Waals surface area (Å²) < 4.78 is 54.8. The van der Waals surface area contributed by atoms with Crippen molar-refractivity contribution in [3.63, 3.8) is 0 Å². The fourth-order valence-electron chi connectivity index (χ4n) is 3.31. The number of hydrogen-bond acceptors (Lipinski definition) is 7. The summed E-state index contributed by atoms with van der Waals surface area (Å²) >= 11 is 5.72. The topological polar surface area (TPSA) is 120 Å². The smallest absolute Gasteiger partial charge is 0.338 e. The van der Waals surface area contributed by atoms with Gasteiger partial charge in [-0.05, 0) is 35.9 Å². The van der Waals surface area contributed by atoms with Crippen LogP contribution < -0.4 is 20.1 Å². The van der Waals surface area contributed by atoms with Gasteiger partial charge in [0.2, 0.25) is 0 Å². The van der Waals surface area contributed by atoms with Gasteiger partial charge in [0.1, 0.15) is 5.82 Å². The standard InChI is InChI=1S/C21H20ClFN2O7S/c1-30-16-7-4-11(8-17(16)31-2)19-18(20(26)32-3)15(24-21(27)25-19)10-33(28,29)12-5-6-14(23)13(22)9-12/h4-9,19H,10H2,1-3H3,(H2,24,25,27). The van der Waals surface area contributed by atoms with Crippen molar-refractivity contribution in [3.05, 3.63) is 64.1 Å². The molecule has 3 rings (SSSR count). The molecule has 176 valence electrons. The maximum absolute atomic E-state index is 13.5. The zero-order chi connectivity index (χ0) is 24.3. The van der Waals surface area contributed by atoms with Crippen LogP contribution in [-0.2, 0) is 19.4 Å². The Morgan fingerprint density at radius 3 is 2.39 bits per heavy atom. The van der Waals surface area contributed by atoms with E-state index in [4.69, 9.17) is 25.8 Å². The Kier molecular flexibility index (Phi) is 7.13. The number of carbonyl (C=O) groups excluding carboxylic acids is 2. The minimum Gasteiger partial charge on any atom is -0.493 e. The number of hydrogen-bond donors (Lipinski definition) is 2. The van der Waals surface area contributed by atoms with Crippen LogP contribution in [0.25, 0.3) is 0 Å². The molecular formula is C21H20ClFN2O7S. The molecule has 12 heteroatoms. The van der Waals surface area contributed by atoms with E-state index in [9.17, 15) is 22.4 Å². The number of methoxy groups -OCH3 is 3. The molecule has 0 fully saturated rings. The third kappa shape index (κ3) is 5.04. The van der Waals surface area contributed by atoms with Crippen LogP contribution in [0.2, 0.25) is 5.02 Å². The van der Waals surface area contributed by atoms with E-state index < -0.39 is 39.4 Å². The van der Waals surface area contributed by atoms with Crippen LogP contribution in [0.4, 0.5) is 9.18 Å². The lowest BCUT2D eigenvalue weighted by molar-refractivity contribution is -0.136. The van der Waals surface area contributed by atoms with E-state index in [1.807, 2.05) is 0 Å². The summed E-state index contributed by atoms with van der Waals surface area (Å²) in [5, 5.41) is 4.58. The minimum absolute atomic E-state index is 0.124. The molecule has 2 aromatic carbocycles. The van der Waals surface area contributed by atoms with Gasteiger partial charge in [-0.2, -0.15) is 0 Å². The highest BCUT2D eigenvalue weighted by Crippen LogP contribution is 2.35. The van der Waals surface area contributed by atoms with Gasteiger partial charge >= 0.3 is 12.0 Å². The molecule has 0 spiro atoms. The number of rotatable bonds is 7. The Morgan fingerprint density at radius 2 is 1.79 bits per heavy atom. The largest absolute Gasteiger partial charge is 0.493 e. The van der Waals surface area contributed by atoms with Crippen molar-refractivity contribution in [1.29, 1.82) is 0 Å². The number of benzene rings is 2. The number of ether oxygens (including phenoxy) is 3. The lowest BCUT2D eigenvalue weighted by atomic mass is 9.95. The van der Waals surface area contributed by atoms with Gasteiger partial charge in [0.25, 0.3) is 0 Å². The van der Waals surface area contributed by atoms with Gasteiger partial charge < -0.3 is 24.8 Å². The molecule has 0 saturated heterocycles. The van der Waals surface area contributed by atoms with E-state index in [2.05, 4.69) is 10.6 Å². The normalized spacial score (nSPS) is 16.0. The monoisotopic (exact) mass is 498 g/mol. The molecule has 0 bridgehead atoms. The first-order valence-electron chi connectivity index (χ1n) is 9.40. The zero-order valence-corrected chi connectivity index (χ0v) is 19.3. The molecule has 1 atom stereocenters. The molecular weight excluding hydrogens is 479 g/mol. The Hall–Kier alpha value is -3.31. The number of amides is 2. The first-order chi connectivity index (χ1) is 15.6. The van der Waals surface area contributed by atoms with Crippen LogP contribution in [0.15, 0.2) is 52.6 Å². The zero-order valence-electron chi connectivity index (χ0n) is 17.8. The number of esters is 1. The van der Waals surface area contributed by atoms with Crippen molar-refractivity contribution < 1.29 is 36.6 Å². The molecule has 2 amide bonds. The van der Waals surface area contributed by atoms with Crippen LogP contribution in [-0.4, -0.2) is 47.5 Å². The molecule has 2 N–H and O–H groups in total. The molecule has 1 aliphatic heterocycles. The van der Waals surface area contributed by atoms with E-state index in [-0.39, 0.29) is 21.2 Å². The van der Waals surface area contributed by atoms with Crippen molar-refractivity contribution >= 4 is 33.4 Å². The van der Waals surface area contributed by atoms with Crippen molar-refractivity contribution in [2.45, 2.75) is 10.9 Å². The minimum atomic E-state index is -4.13. The molecule has 1 aliphatic rings. The Morgan fingerprint density at radius 1 is 1.09 bits per heavy atom. The van der Waals surface area contributed by atoms with Gasteiger partial charge in [-0.15, -0.1) is 0 Å². The molecule has 0 radical (unpaired) electrons. The summed E-state index contributed by atoms with van der Waals surface area (Å²) in [6.07, 6.45) is 0. The number of sulfone groups is 1. The predicted octanol–water partition coefficient (Wildman–Crippen LogP) is 2.75. The van der Waals surface area contributed by atoms with E-state index in [1.54, 1.807) is 18.2 Å². The summed E-state index contributed by atoms with van der Waals surface area (Å²) in [5.74, 6) is -1.65. The maximum atomic E-state index is 13.5. The van der Waals surface area contributed by atoms with E-state index in [1.165, 1.54) is 14.2 Å². The molecule has 0 aliphatic carbocycles. The Bertz CT molecular complexity index is 1250. The fraction of sp³-hybridized carbons (Fsp3) is 0.238. The van der Waals surface area contributed by atoms with Crippen LogP contribution in [0, 0.1) is 5.82 Å². The van der Waals surface area contributed by atoms with Gasteiger partial charge in [-0.1, -0.05) is 17.7 Å². The van der Waals surface area contributed by atoms with Crippen LogP contribution >= 0.6 is 11.6 Å². The first-order valence-corrected chi connectivity index (χ1v) is 11.4. The van der Waals surface area contributed by atoms with Crippen LogP contribution in [0.5, 0.6) is 11.5 Å². The number of nitrogens with one attached hydrogen (secondary N) is 2. The van der Waals surface area contributed by atoms with E-state index in [0.717, 1.165) is 25.3 Å². The highest BCUT2D eigenvalue weighted by Gasteiger charge is 2.36. The summed E-state index contributed by atoms with van der Waals surface area (Å²) in [4.78, 5) is 24.8. The highest BCUT2D eigenvalue weighted by molar-refractivity contribution is 7.91. The summed E-state index contributed by atoms with van der Waals surface area (Å²) in [6, 6.07) is 5.85. The van der Waals surface area contributed by atoms with Gasteiger partial charge in [-0.25, -0.2) is 22.4 Å². The molecule has 0 saturated carbocycles. The lowest BCUT2D eigenvalue weighted by Gasteiger charge is -2.29. The second-order valence-electron chi connectivity index (χ2n) is 6.86. The fourth-order valence-corrected chi connectivity index (χ4v) is 4.90. The van der Waals surface area contributed by atoms with Gasteiger partial charge in [-0.3, -0.25) is 0 Å². The highest BCUT2D eigenvalue weighted by atomic mass is 35.5. The van der Waals surface area contributed by atoms with E-state index >= 15 is 0 Å².